The first-order valence-electron chi connectivity index (χ1n) is 9.10. The number of ether oxygens (including phenoxy) is 4. The molecular formula is C19H28N2O9. The van der Waals surface area contributed by atoms with Crippen LogP contribution < -0.4 is 10.9 Å². The molecule has 0 fully saturated rings. The minimum Gasteiger partial charge on any atom is -0.504 e. The van der Waals surface area contributed by atoms with Crippen LogP contribution in [0.4, 0.5) is 9.59 Å². The molecule has 0 spiro atoms. The maximum absolute atomic E-state index is 12.6. The molecule has 0 radical (unpaired) electrons. The lowest BCUT2D eigenvalue weighted by Crippen LogP contribution is -2.59. The zero-order valence-electron chi connectivity index (χ0n) is 17.6. The fourth-order valence-corrected chi connectivity index (χ4v) is 2.20. The molecule has 1 aromatic rings. The largest absolute Gasteiger partial charge is 0.511 e. The van der Waals surface area contributed by atoms with E-state index in [1.807, 2.05) is 0 Å². The molecule has 0 saturated heterocycles. The average Bonchev–Trinajstić information content (AvgIpc) is 2.62. The highest BCUT2D eigenvalue weighted by molar-refractivity contribution is 5.81. The number of rotatable bonds is 8. The van der Waals surface area contributed by atoms with E-state index in [0.29, 0.717) is 5.56 Å². The summed E-state index contributed by atoms with van der Waals surface area (Å²) in [5.74, 6) is -1.59. The number of hydrogen-bond donors (Lipinski definition) is 4. The number of carbonyl (C=O) groups is 3. The Hall–Kier alpha value is -3.21. The quantitative estimate of drug-likeness (QED) is 0.159. The number of phenols is 2. The summed E-state index contributed by atoms with van der Waals surface area (Å²) in [5.41, 5.74) is 2.94. The van der Waals surface area contributed by atoms with Gasteiger partial charge in [0.1, 0.15) is 11.1 Å². The van der Waals surface area contributed by atoms with Gasteiger partial charge in [-0.3, -0.25) is 5.43 Å². The number of nitrogens with one attached hydrogen (secondary N) is 2. The highest BCUT2D eigenvalue weighted by Gasteiger charge is 2.36. The Balaban J connectivity index is 2.90. The molecule has 1 rings (SSSR count). The molecule has 0 bridgehead atoms. The molecule has 0 saturated carbocycles. The molecule has 0 unspecified atom stereocenters. The van der Waals surface area contributed by atoms with Gasteiger partial charge < -0.3 is 29.2 Å². The number of benzene rings is 1. The molecule has 0 aliphatic carbocycles. The van der Waals surface area contributed by atoms with Crippen LogP contribution in [-0.2, 0) is 30.2 Å². The second-order valence-electron chi connectivity index (χ2n) is 7.46. The molecule has 0 heterocycles. The van der Waals surface area contributed by atoms with Crippen LogP contribution in [0.25, 0.3) is 0 Å². The Morgan fingerprint density at radius 2 is 1.67 bits per heavy atom. The Labute approximate surface area is 174 Å². The SMILES string of the molecule is CCOC(=O)OCOC(=O)[C@](C)(Cc1ccc(O)c(O)c1)NNC(=O)OC(C)(C)C. The van der Waals surface area contributed by atoms with Crippen molar-refractivity contribution in [1.29, 1.82) is 0 Å². The van der Waals surface area contributed by atoms with Gasteiger partial charge in [-0.15, -0.1) is 0 Å². The molecule has 11 nitrogen and oxygen atoms in total. The fraction of sp³-hybridized carbons (Fsp3) is 0.526. The predicted molar refractivity (Wildman–Crippen MR) is 103 cm³/mol. The van der Waals surface area contributed by atoms with E-state index in [-0.39, 0.29) is 24.5 Å². The summed E-state index contributed by atoms with van der Waals surface area (Å²) in [6.45, 7) is 7.41. The molecule has 30 heavy (non-hydrogen) atoms. The van der Waals surface area contributed by atoms with E-state index in [1.54, 1.807) is 27.7 Å². The van der Waals surface area contributed by atoms with Crippen LogP contribution in [0.5, 0.6) is 11.5 Å². The van der Waals surface area contributed by atoms with Gasteiger partial charge in [0.15, 0.2) is 11.5 Å². The van der Waals surface area contributed by atoms with Gasteiger partial charge in [-0.2, -0.15) is 0 Å². The van der Waals surface area contributed by atoms with Crippen LogP contribution >= 0.6 is 0 Å². The standard InChI is InChI=1S/C19H28N2O9/c1-6-27-17(26)29-11-28-15(24)19(5,21-20-16(25)30-18(2,3)4)10-12-7-8-13(22)14(23)9-12/h7-9,21-23H,6,10-11H2,1-5H3,(H,20,25)/t19-/m0/s1. The summed E-state index contributed by atoms with van der Waals surface area (Å²) >= 11 is 0. The number of aromatic hydroxyl groups is 2. The second kappa shape index (κ2) is 10.5. The molecule has 11 heteroatoms. The molecule has 1 amide bonds. The van der Waals surface area contributed by atoms with E-state index < -0.39 is 36.2 Å². The first-order chi connectivity index (χ1) is 13.9. The van der Waals surface area contributed by atoms with Gasteiger partial charge in [0.2, 0.25) is 6.79 Å². The fourth-order valence-electron chi connectivity index (χ4n) is 2.20. The van der Waals surface area contributed by atoms with Gasteiger partial charge in [0.25, 0.3) is 0 Å². The zero-order chi connectivity index (χ0) is 22.9. The Bertz CT molecular complexity index is 761. The molecular weight excluding hydrogens is 400 g/mol. The van der Waals surface area contributed by atoms with Crippen molar-refractivity contribution in [3.63, 3.8) is 0 Å². The maximum Gasteiger partial charge on any atom is 0.511 e. The summed E-state index contributed by atoms with van der Waals surface area (Å²) in [5, 5.41) is 19.1. The third-order valence-electron chi connectivity index (χ3n) is 3.52. The van der Waals surface area contributed by atoms with Crippen molar-refractivity contribution in [1.82, 2.24) is 10.9 Å². The summed E-state index contributed by atoms with van der Waals surface area (Å²) < 4.78 is 19.2. The zero-order valence-corrected chi connectivity index (χ0v) is 17.6. The first-order valence-corrected chi connectivity index (χ1v) is 9.10. The van der Waals surface area contributed by atoms with Crippen LogP contribution in [-0.4, -0.2) is 53.0 Å². The molecule has 1 aromatic carbocycles. The van der Waals surface area contributed by atoms with Crippen molar-refractivity contribution in [3.05, 3.63) is 23.8 Å². The minimum absolute atomic E-state index is 0.0745. The van der Waals surface area contributed by atoms with Crippen molar-refractivity contribution in [3.8, 4) is 11.5 Å². The van der Waals surface area contributed by atoms with E-state index in [2.05, 4.69) is 20.3 Å². The highest BCUT2D eigenvalue weighted by Crippen LogP contribution is 2.27. The summed E-state index contributed by atoms with van der Waals surface area (Å²) in [6.07, 6.45) is -1.91. The van der Waals surface area contributed by atoms with Gasteiger partial charge in [0.05, 0.1) is 6.61 Å². The number of hydrogen-bond acceptors (Lipinski definition) is 10. The number of carbonyl (C=O) groups excluding carboxylic acids is 3. The average molecular weight is 428 g/mol. The maximum atomic E-state index is 12.6. The summed E-state index contributed by atoms with van der Waals surface area (Å²) in [4.78, 5) is 35.8. The Morgan fingerprint density at radius 3 is 2.23 bits per heavy atom. The van der Waals surface area contributed by atoms with E-state index >= 15 is 0 Å². The lowest BCUT2D eigenvalue weighted by Gasteiger charge is -2.29. The van der Waals surface area contributed by atoms with Gasteiger partial charge in [0, 0.05) is 6.42 Å². The van der Waals surface area contributed by atoms with Crippen molar-refractivity contribution in [2.24, 2.45) is 0 Å². The molecule has 1 atom stereocenters. The Morgan fingerprint density at radius 1 is 1.00 bits per heavy atom. The second-order valence-corrected chi connectivity index (χ2v) is 7.46. The van der Waals surface area contributed by atoms with Crippen LogP contribution in [0, 0.1) is 0 Å². The topological polar surface area (TPSA) is 153 Å². The number of phenolic OH excluding ortho intramolecular Hbond substituents is 2. The first kappa shape index (κ1) is 24.8. The number of amides is 1. The van der Waals surface area contributed by atoms with Gasteiger partial charge in [-0.25, -0.2) is 19.8 Å². The van der Waals surface area contributed by atoms with Gasteiger partial charge in [-0.05, 0) is 52.3 Å². The van der Waals surface area contributed by atoms with E-state index in [4.69, 9.17) is 9.47 Å². The van der Waals surface area contributed by atoms with Crippen LogP contribution in [0.3, 0.4) is 0 Å². The van der Waals surface area contributed by atoms with E-state index in [9.17, 15) is 24.6 Å². The highest BCUT2D eigenvalue weighted by atomic mass is 16.8. The normalized spacial score (nSPS) is 13.0. The number of esters is 1. The van der Waals surface area contributed by atoms with Crippen molar-refractivity contribution in [2.75, 3.05) is 13.4 Å². The van der Waals surface area contributed by atoms with E-state index in [1.165, 1.54) is 25.1 Å². The van der Waals surface area contributed by atoms with Gasteiger partial charge >= 0.3 is 18.2 Å². The van der Waals surface area contributed by atoms with Crippen LogP contribution in [0.15, 0.2) is 18.2 Å². The molecule has 0 aliphatic heterocycles. The molecule has 168 valence electrons. The molecule has 4 N–H and O–H groups in total. The third-order valence-corrected chi connectivity index (χ3v) is 3.52. The van der Waals surface area contributed by atoms with Gasteiger partial charge in [-0.1, -0.05) is 6.07 Å². The smallest absolute Gasteiger partial charge is 0.504 e. The van der Waals surface area contributed by atoms with Crippen molar-refractivity contribution in [2.45, 2.75) is 52.2 Å². The predicted octanol–water partition coefficient (Wildman–Crippen LogP) is 2.10. The number of hydrazine groups is 1. The summed E-state index contributed by atoms with van der Waals surface area (Å²) in [6, 6.07) is 3.98. The Kier molecular flexibility index (Phi) is 8.72. The molecule has 0 aromatic heterocycles. The van der Waals surface area contributed by atoms with Crippen molar-refractivity contribution >= 4 is 18.2 Å². The van der Waals surface area contributed by atoms with Crippen LogP contribution in [0.2, 0.25) is 0 Å². The third kappa shape index (κ3) is 8.43. The lowest BCUT2D eigenvalue weighted by molar-refractivity contribution is -0.161. The van der Waals surface area contributed by atoms with Crippen molar-refractivity contribution < 1.29 is 43.5 Å². The summed E-state index contributed by atoms with van der Waals surface area (Å²) in [7, 11) is 0. The monoisotopic (exact) mass is 428 g/mol. The molecule has 0 aliphatic rings. The van der Waals surface area contributed by atoms with E-state index in [0.717, 1.165) is 0 Å². The lowest BCUT2D eigenvalue weighted by atomic mass is 9.93. The van der Waals surface area contributed by atoms with Crippen LogP contribution in [0.1, 0.15) is 40.2 Å². The minimum atomic E-state index is -1.56.